The van der Waals surface area contributed by atoms with E-state index in [0.717, 1.165) is 32.6 Å². The summed E-state index contributed by atoms with van der Waals surface area (Å²) in [4.78, 5) is 2.39. The van der Waals surface area contributed by atoms with Crippen molar-refractivity contribution in [3.05, 3.63) is 0 Å². The van der Waals surface area contributed by atoms with E-state index in [2.05, 4.69) is 18.9 Å². The van der Waals surface area contributed by atoms with Gasteiger partial charge in [-0.1, -0.05) is 13.3 Å². The van der Waals surface area contributed by atoms with Crippen molar-refractivity contribution in [3.8, 4) is 0 Å². The molecule has 0 aromatic carbocycles. The third kappa shape index (κ3) is 3.95. The molecule has 0 saturated carbocycles. The Bertz CT molecular complexity index is 146. The molecule has 0 bridgehead atoms. The monoisotopic (exact) mass is 200 g/mol. The molecule has 1 aliphatic rings. The van der Waals surface area contributed by atoms with Crippen molar-refractivity contribution in [3.63, 3.8) is 0 Å². The fourth-order valence-electron chi connectivity index (χ4n) is 1.94. The van der Waals surface area contributed by atoms with Gasteiger partial charge in [0, 0.05) is 18.7 Å². The second kappa shape index (κ2) is 6.38. The fraction of sp³-hybridized carbons (Fsp3) is 1.00. The van der Waals surface area contributed by atoms with E-state index in [1.807, 2.05) is 0 Å². The molecule has 1 saturated heterocycles. The third-order valence-electron chi connectivity index (χ3n) is 3.04. The molecule has 1 fully saturated rings. The molecule has 1 aliphatic heterocycles. The summed E-state index contributed by atoms with van der Waals surface area (Å²) in [6.07, 6.45) is 4.63. The van der Waals surface area contributed by atoms with Crippen molar-refractivity contribution >= 4 is 0 Å². The maximum absolute atomic E-state index is 5.97. The van der Waals surface area contributed by atoms with Gasteiger partial charge in [0.25, 0.3) is 0 Å². The largest absolute Gasteiger partial charge is 0.380 e. The van der Waals surface area contributed by atoms with Gasteiger partial charge in [0.2, 0.25) is 0 Å². The van der Waals surface area contributed by atoms with Gasteiger partial charge in [-0.25, -0.2) is 0 Å². The minimum Gasteiger partial charge on any atom is -0.380 e. The van der Waals surface area contributed by atoms with Crippen LogP contribution in [0, 0.1) is 0 Å². The summed E-state index contributed by atoms with van der Waals surface area (Å²) >= 11 is 0. The molecule has 0 aromatic rings. The Morgan fingerprint density at radius 2 is 2.29 bits per heavy atom. The van der Waals surface area contributed by atoms with E-state index in [-0.39, 0.29) is 0 Å². The normalized spacial score (nSPS) is 24.4. The summed E-state index contributed by atoms with van der Waals surface area (Å²) in [7, 11) is 2.18. The minimum atomic E-state index is 0.379. The van der Waals surface area contributed by atoms with E-state index in [1.54, 1.807) is 0 Å². The van der Waals surface area contributed by atoms with Crippen LogP contribution < -0.4 is 5.73 Å². The summed E-state index contributed by atoms with van der Waals surface area (Å²) in [6.45, 7) is 5.12. The molecule has 0 radical (unpaired) electrons. The Labute approximate surface area is 87.6 Å². The molecule has 84 valence electrons. The van der Waals surface area contributed by atoms with Gasteiger partial charge in [-0.15, -0.1) is 0 Å². The maximum atomic E-state index is 5.97. The van der Waals surface area contributed by atoms with Crippen LogP contribution in [-0.2, 0) is 4.74 Å². The molecule has 1 rings (SSSR count). The fourth-order valence-corrected chi connectivity index (χ4v) is 1.94. The Hall–Kier alpha value is -0.120. The van der Waals surface area contributed by atoms with Gasteiger partial charge in [-0.2, -0.15) is 0 Å². The first-order valence-corrected chi connectivity index (χ1v) is 5.77. The summed E-state index contributed by atoms with van der Waals surface area (Å²) < 4.78 is 5.36. The molecule has 0 aromatic heterocycles. The number of ether oxygens (including phenoxy) is 1. The first kappa shape index (κ1) is 12.0. The molecule has 2 unspecified atom stereocenters. The van der Waals surface area contributed by atoms with Crippen molar-refractivity contribution in [2.75, 3.05) is 26.8 Å². The molecule has 0 aliphatic carbocycles. The first-order valence-electron chi connectivity index (χ1n) is 5.77. The van der Waals surface area contributed by atoms with Crippen LogP contribution in [0.2, 0.25) is 0 Å². The standard InChI is InChI=1S/C11H24N2O/c1-3-4-10(12)5-7-13(2)11-6-8-14-9-11/h10-11H,3-9,12H2,1-2H3. The van der Waals surface area contributed by atoms with E-state index in [0.29, 0.717) is 12.1 Å². The molecule has 2 N–H and O–H groups in total. The maximum Gasteiger partial charge on any atom is 0.0622 e. The van der Waals surface area contributed by atoms with Gasteiger partial charge in [0.05, 0.1) is 6.61 Å². The highest BCUT2D eigenvalue weighted by Crippen LogP contribution is 2.11. The summed E-state index contributed by atoms with van der Waals surface area (Å²) in [6, 6.07) is 1.01. The van der Waals surface area contributed by atoms with Gasteiger partial charge >= 0.3 is 0 Å². The van der Waals surface area contributed by atoms with Crippen LogP contribution in [0.4, 0.5) is 0 Å². The van der Waals surface area contributed by atoms with Gasteiger partial charge in [0.1, 0.15) is 0 Å². The number of nitrogens with two attached hydrogens (primary N) is 1. The zero-order valence-electron chi connectivity index (χ0n) is 9.54. The zero-order chi connectivity index (χ0) is 10.4. The highest BCUT2D eigenvalue weighted by molar-refractivity contribution is 4.74. The summed E-state index contributed by atoms with van der Waals surface area (Å²) in [5.41, 5.74) is 5.97. The molecular weight excluding hydrogens is 176 g/mol. The number of rotatable bonds is 6. The van der Waals surface area contributed by atoms with Crippen molar-refractivity contribution in [2.24, 2.45) is 5.73 Å². The van der Waals surface area contributed by atoms with E-state index in [1.165, 1.54) is 12.8 Å². The second-order valence-electron chi connectivity index (χ2n) is 4.34. The SMILES string of the molecule is CCCC(N)CCN(C)C1CCOC1. The smallest absolute Gasteiger partial charge is 0.0622 e. The topological polar surface area (TPSA) is 38.5 Å². The Morgan fingerprint density at radius 3 is 2.86 bits per heavy atom. The lowest BCUT2D eigenvalue weighted by Gasteiger charge is -2.24. The number of nitrogens with zero attached hydrogens (tertiary/aromatic N) is 1. The van der Waals surface area contributed by atoms with Crippen molar-refractivity contribution < 1.29 is 4.74 Å². The predicted molar refractivity (Wildman–Crippen MR) is 59.4 cm³/mol. The molecule has 0 amide bonds. The molecule has 14 heavy (non-hydrogen) atoms. The third-order valence-corrected chi connectivity index (χ3v) is 3.04. The van der Waals surface area contributed by atoms with Crippen molar-refractivity contribution in [2.45, 2.75) is 44.7 Å². The van der Waals surface area contributed by atoms with Crippen molar-refractivity contribution in [1.29, 1.82) is 0 Å². The lowest BCUT2D eigenvalue weighted by molar-refractivity contribution is 0.157. The molecule has 1 heterocycles. The molecule has 3 heteroatoms. The van der Waals surface area contributed by atoms with Gasteiger partial charge in [-0.3, -0.25) is 0 Å². The minimum absolute atomic E-state index is 0.379. The van der Waals surface area contributed by atoms with Gasteiger partial charge < -0.3 is 15.4 Å². The van der Waals surface area contributed by atoms with Crippen LogP contribution in [0.15, 0.2) is 0 Å². The number of likely N-dealkylation sites (N-methyl/N-ethyl adjacent to an activating group) is 1. The average molecular weight is 200 g/mol. The van der Waals surface area contributed by atoms with Crippen LogP contribution in [0.1, 0.15) is 32.6 Å². The Morgan fingerprint density at radius 1 is 1.50 bits per heavy atom. The lowest BCUT2D eigenvalue weighted by Crippen LogP contribution is -2.35. The summed E-state index contributed by atoms with van der Waals surface area (Å²) in [5.74, 6) is 0. The second-order valence-corrected chi connectivity index (χ2v) is 4.34. The van der Waals surface area contributed by atoms with Crippen LogP contribution in [0.25, 0.3) is 0 Å². The van der Waals surface area contributed by atoms with Crippen LogP contribution in [0.3, 0.4) is 0 Å². The van der Waals surface area contributed by atoms with E-state index in [9.17, 15) is 0 Å². The first-order chi connectivity index (χ1) is 6.74. The molecule has 2 atom stereocenters. The quantitative estimate of drug-likeness (QED) is 0.701. The molecule has 3 nitrogen and oxygen atoms in total. The van der Waals surface area contributed by atoms with Crippen LogP contribution in [0.5, 0.6) is 0 Å². The molecule has 0 spiro atoms. The van der Waals surface area contributed by atoms with E-state index >= 15 is 0 Å². The highest BCUT2D eigenvalue weighted by atomic mass is 16.5. The number of hydrogen-bond acceptors (Lipinski definition) is 3. The Kier molecular flexibility index (Phi) is 5.45. The lowest BCUT2D eigenvalue weighted by atomic mass is 10.1. The van der Waals surface area contributed by atoms with Gasteiger partial charge in [0.15, 0.2) is 0 Å². The zero-order valence-corrected chi connectivity index (χ0v) is 9.54. The molecular formula is C11H24N2O. The highest BCUT2D eigenvalue weighted by Gasteiger charge is 2.20. The van der Waals surface area contributed by atoms with Crippen LogP contribution >= 0.6 is 0 Å². The van der Waals surface area contributed by atoms with Crippen LogP contribution in [-0.4, -0.2) is 43.8 Å². The summed E-state index contributed by atoms with van der Waals surface area (Å²) in [5, 5.41) is 0. The van der Waals surface area contributed by atoms with E-state index in [4.69, 9.17) is 10.5 Å². The average Bonchev–Trinajstić information content (AvgIpc) is 2.67. The number of hydrogen-bond donors (Lipinski definition) is 1. The predicted octanol–water partition coefficient (Wildman–Crippen LogP) is 1.22. The van der Waals surface area contributed by atoms with E-state index < -0.39 is 0 Å². The van der Waals surface area contributed by atoms with Crippen molar-refractivity contribution in [1.82, 2.24) is 4.90 Å². The Balaban J connectivity index is 2.10. The van der Waals surface area contributed by atoms with Gasteiger partial charge in [-0.05, 0) is 32.9 Å².